The van der Waals surface area contributed by atoms with E-state index in [2.05, 4.69) is 5.32 Å². The van der Waals surface area contributed by atoms with Crippen LogP contribution < -0.4 is 5.32 Å². The highest BCUT2D eigenvalue weighted by Crippen LogP contribution is 2.19. The average Bonchev–Trinajstić information content (AvgIpc) is 2.56. The predicted molar refractivity (Wildman–Crippen MR) is 78.0 cm³/mol. The average molecular weight is 327 g/mol. The van der Waals surface area contributed by atoms with Crippen LogP contribution in [0, 0.1) is 0 Å². The van der Waals surface area contributed by atoms with Crippen LogP contribution in [0.15, 0.2) is 30.3 Å². The smallest absolute Gasteiger partial charge is 0.246 e. The number of benzene rings is 1. The van der Waals surface area contributed by atoms with Gasteiger partial charge in [-0.2, -0.15) is 0 Å². The molecular formula is C15H21NO7. The van der Waals surface area contributed by atoms with E-state index in [-0.39, 0.29) is 13.2 Å². The van der Waals surface area contributed by atoms with Gasteiger partial charge in [0, 0.05) is 0 Å². The maximum absolute atomic E-state index is 11.8. The highest BCUT2D eigenvalue weighted by Gasteiger charge is 2.44. The molecule has 8 heteroatoms. The molecule has 0 spiro atoms. The number of amides is 1. The van der Waals surface area contributed by atoms with Crippen molar-refractivity contribution >= 4 is 5.91 Å². The molecule has 128 valence electrons. The summed E-state index contributed by atoms with van der Waals surface area (Å²) in [7, 11) is 0. The molecule has 1 aliphatic rings. The molecule has 2 unspecified atom stereocenters. The van der Waals surface area contributed by atoms with Gasteiger partial charge in [-0.05, 0) is 5.56 Å². The maximum atomic E-state index is 11.8. The van der Waals surface area contributed by atoms with Gasteiger partial charge in [-0.15, -0.1) is 0 Å². The Kier molecular flexibility index (Phi) is 6.46. The van der Waals surface area contributed by atoms with Crippen LogP contribution in [-0.2, 0) is 20.9 Å². The van der Waals surface area contributed by atoms with E-state index in [4.69, 9.17) is 14.6 Å². The van der Waals surface area contributed by atoms with Crippen LogP contribution in [0.2, 0.25) is 0 Å². The molecule has 1 aliphatic heterocycles. The summed E-state index contributed by atoms with van der Waals surface area (Å²) in [6, 6.07) is 8.07. The molecule has 1 heterocycles. The number of aliphatic hydroxyl groups is 4. The quantitative estimate of drug-likeness (QED) is 0.413. The van der Waals surface area contributed by atoms with Gasteiger partial charge in [0.1, 0.15) is 31.0 Å². The first-order chi connectivity index (χ1) is 11.0. The number of carbonyl (C=O) groups excluding carboxylic acids is 1. The minimum absolute atomic E-state index is 0.246. The zero-order valence-corrected chi connectivity index (χ0v) is 12.4. The Hall–Kier alpha value is -1.55. The lowest BCUT2D eigenvalue weighted by molar-refractivity contribution is -0.254. The third kappa shape index (κ3) is 4.71. The first kappa shape index (κ1) is 17.8. The maximum Gasteiger partial charge on any atom is 0.246 e. The fourth-order valence-electron chi connectivity index (χ4n) is 2.32. The van der Waals surface area contributed by atoms with Gasteiger partial charge in [0.2, 0.25) is 5.91 Å². The lowest BCUT2D eigenvalue weighted by Gasteiger charge is -2.40. The van der Waals surface area contributed by atoms with Crippen molar-refractivity contribution in [2.75, 3.05) is 13.2 Å². The second kappa shape index (κ2) is 8.34. The van der Waals surface area contributed by atoms with Gasteiger partial charge in [-0.1, -0.05) is 30.3 Å². The third-order valence-corrected chi connectivity index (χ3v) is 3.57. The van der Waals surface area contributed by atoms with Crippen molar-refractivity contribution in [1.82, 2.24) is 5.32 Å². The minimum Gasteiger partial charge on any atom is -0.394 e. The molecule has 8 nitrogen and oxygen atoms in total. The molecule has 1 fully saturated rings. The minimum atomic E-state index is -1.54. The number of carbonyl (C=O) groups is 1. The second-order valence-corrected chi connectivity index (χ2v) is 5.30. The number of rotatable bonds is 6. The summed E-state index contributed by atoms with van der Waals surface area (Å²) in [5, 5.41) is 40.7. The Morgan fingerprint density at radius 1 is 1.17 bits per heavy atom. The molecule has 0 radical (unpaired) electrons. The monoisotopic (exact) mass is 327 g/mol. The van der Waals surface area contributed by atoms with Crippen molar-refractivity contribution in [3.8, 4) is 0 Å². The summed E-state index contributed by atoms with van der Waals surface area (Å²) in [6.45, 7) is -0.587. The molecule has 1 aromatic rings. The molecule has 0 aromatic heterocycles. The highest BCUT2D eigenvalue weighted by molar-refractivity contribution is 5.77. The summed E-state index contributed by atoms with van der Waals surface area (Å²) in [6.07, 6.45) is -5.53. The SMILES string of the molecule is O=C(COCc1ccccc1)NC1[C@H](O)OC(CO)[C@@H](O)[C@@H]1O. The van der Waals surface area contributed by atoms with E-state index < -0.39 is 43.2 Å². The van der Waals surface area contributed by atoms with Crippen molar-refractivity contribution in [3.05, 3.63) is 35.9 Å². The lowest BCUT2D eigenvalue weighted by atomic mass is 9.97. The van der Waals surface area contributed by atoms with Crippen LogP contribution in [0.4, 0.5) is 0 Å². The summed E-state index contributed by atoms with van der Waals surface area (Å²) < 4.78 is 10.2. The molecule has 23 heavy (non-hydrogen) atoms. The number of hydrogen-bond acceptors (Lipinski definition) is 7. The second-order valence-electron chi connectivity index (χ2n) is 5.30. The summed E-state index contributed by atoms with van der Waals surface area (Å²) in [4.78, 5) is 11.8. The number of nitrogens with one attached hydrogen (secondary N) is 1. The molecule has 1 amide bonds. The molecule has 0 saturated carbocycles. The van der Waals surface area contributed by atoms with E-state index in [0.717, 1.165) is 5.56 Å². The molecule has 1 saturated heterocycles. The third-order valence-electron chi connectivity index (χ3n) is 3.57. The van der Waals surface area contributed by atoms with Gasteiger partial charge in [0.05, 0.1) is 13.2 Å². The lowest BCUT2D eigenvalue weighted by Crippen LogP contribution is -2.64. The fraction of sp³-hybridized carbons (Fsp3) is 0.533. The zero-order chi connectivity index (χ0) is 16.8. The topological polar surface area (TPSA) is 128 Å². The van der Waals surface area contributed by atoms with Gasteiger partial charge in [0.25, 0.3) is 0 Å². The number of ether oxygens (including phenoxy) is 2. The normalized spacial score (nSPS) is 30.9. The van der Waals surface area contributed by atoms with Crippen molar-refractivity contribution in [2.24, 2.45) is 0 Å². The summed E-state index contributed by atoms with van der Waals surface area (Å²) >= 11 is 0. The Morgan fingerprint density at radius 3 is 2.52 bits per heavy atom. The zero-order valence-electron chi connectivity index (χ0n) is 12.4. The number of hydrogen-bond donors (Lipinski definition) is 5. The Morgan fingerprint density at radius 2 is 1.87 bits per heavy atom. The van der Waals surface area contributed by atoms with Gasteiger partial charge in [-0.25, -0.2) is 0 Å². The molecule has 5 N–H and O–H groups in total. The van der Waals surface area contributed by atoms with Gasteiger partial charge in [0.15, 0.2) is 6.29 Å². The van der Waals surface area contributed by atoms with E-state index in [0.29, 0.717) is 0 Å². The summed E-state index contributed by atoms with van der Waals surface area (Å²) in [5.41, 5.74) is 0.905. The molecule has 5 atom stereocenters. The first-order valence-corrected chi connectivity index (χ1v) is 7.24. The highest BCUT2D eigenvalue weighted by atomic mass is 16.6. The van der Waals surface area contributed by atoms with Crippen molar-refractivity contribution in [3.63, 3.8) is 0 Å². The summed E-state index contributed by atoms with van der Waals surface area (Å²) in [5.74, 6) is -0.567. The van der Waals surface area contributed by atoms with Gasteiger partial charge < -0.3 is 35.2 Å². The van der Waals surface area contributed by atoms with E-state index in [1.54, 1.807) is 0 Å². The van der Waals surface area contributed by atoms with Crippen molar-refractivity contribution in [2.45, 2.75) is 37.3 Å². The Balaban J connectivity index is 1.80. The van der Waals surface area contributed by atoms with E-state index in [1.807, 2.05) is 30.3 Å². The fourth-order valence-corrected chi connectivity index (χ4v) is 2.32. The van der Waals surface area contributed by atoms with E-state index in [9.17, 15) is 20.1 Å². The van der Waals surface area contributed by atoms with Crippen molar-refractivity contribution in [1.29, 1.82) is 0 Å². The predicted octanol–water partition coefficient (Wildman–Crippen LogP) is -1.88. The van der Waals surface area contributed by atoms with E-state index >= 15 is 0 Å². The molecule has 2 rings (SSSR count). The van der Waals surface area contributed by atoms with Gasteiger partial charge >= 0.3 is 0 Å². The standard InChI is InChI=1S/C15H21NO7/c17-6-10-13(19)14(20)12(15(21)23-10)16-11(18)8-22-7-9-4-2-1-3-5-9/h1-5,10,12-15,17,19-21H,6-8H2,(H,16,18)/t10?,12?,13-,14-,15-/m1/s1. The van der Waals surface area contributed by atoms with Crippen LogP contribution in [0.25, 0.3) is 0 Å². The van der Waals surface area contributed by atoms with E-state index in [1.165, 1.54) is 0 Å². The first-order valence-electron chi connectivity index (χ1n) is 7.24. The van der Waals surface area contributed by atoms with Crippen LogP contribution in [0.1, 0.15) is 5.56 Å². The molecule has 0 aliphatic carbocycles. The van der Waals surface area contributed by atoms with Crippen LogP contribution in [0.3, 0.4) is 0 Å². The Bertz CT molecular complexity index is 498. The molecular weight excluding hydrogens is 306 g/mol. The Labute approximate surface area is 133 Å². The largest absolute Gasteiger partial charge is 0.394 e. The van der Waals surface area contributed by atoms with Crippen LogP contribution in [-0.4, -0.2) is 70.2 Å². The van der Waals surface area contributed by atoms with Gasteiger partial charge in [-0.3, -0.25) is 4.79 Å². The molecule has 0 bridgehead atoms. The number of aliphatic hydroxyl groups excluding tert-OH is 4. The van der Waals surface area contributed by atoms with Crippen molar-refractivity contribution < 1.29 is 34.7 Å². The molecule has 1 aromatic carbocycles. The van der Waals surface area contributed by atoms with Crippen LogP contribution >= 0.6 is 0 Å². The van der Waals surface area contributed by atoms with Crippen LogP contribution in [0.5, 0.6) is 0 Å².